The van der Waals surface area contributed by atoms with Crippen molar-refractivity contribution in [2.75, 3.05) is 24.6 Å². The van der Waals surface area contributed by atoms with Gasteiger partial charge in [0, 0.05) is 13.1 Å². The van der Waals surface area contributed by atoms with Gasteiger partial charge in [-0.3, -0.25) is 9.78 Å². The summed E-state index contributed by atoms with van der Waals surface area (Å²) in [4.78, 5) is 22.0. The first-order valence-electron chi connectivity index (χ1n) is 7.04. The summed E-state index contributed by atoms with van der Waals surface area (Å²) in [5.41, 5.74) is -0.665. The topological polar surface area (TPSA) is 75.5 Å². The molecule has 1 aliphatic heterocycles. The average molecular weight is 279 g/mol. The molecule has 2 heterocycles. The lowest BCUT2D eigenvalue weighted by Gasteiger charge is -2.23. The van der Waals surface area contributed by atoms with E-state index in [1.54, 1.807) is 12.4 Å². The second kappa shape index (κ2) is 6.07. The van der Waals surface area contributed by atoms with Gasteiger partial charge in [0.2, 0.25) is 5.88 Å². The lowest BCUT2D eigenvalue weighted by Crippen LogP contribution is -2.34. The van der Waals surface area contributed by atoms with Gasteiger partial charge in [0.1, 0.15) is 0 Å². The van der Waals surface area contributed by atoms with Crippen LogP contribution in [0.25, 0.3) is 0 Å². The van der Waals surface area contributed by atoms with E-state index in [9.17, 15) is 9.90 Å². The van der Waals surface area contributed by atoms with Gasteiger partial charge in [-0.2, -0.15) is 4.98 Å². The molecule has 1 aromatic rings. The maximum Gasteiger partial charge on any atom is 0.311 e. The molecule has 1 aromatic heterocycles. The number of aliphatic carboxylic acids is 1. The third-order valence-electron chi connectivity index (χ3n) is 3.86. The van der Waals surface area contributed by atoms with Gasteiger partial charge in [-0.1, -0.05) is 13.8 Å². The Morgan fingerprint density at radius 2 is 2.30 bits per heavy atom. The van der Waals surface area contributed by atoms with Gasteiger partial charge >= 0.3 is 5.97 Å². The summed E-state index contributed by atoms with van der Waals surface area (Å²) in [5.74, 6) is 0.456. The van der Waals surface area contributed by atoms with E-state index in [0.717, 1.165) is 6.42 Å². The zero-order valence-electron chi connectivity index (χ0n) is 12.0. The average Bonchev–Trinajstić information content (AvgIpc) is 2.91. The maximum atomic E-state index is 11.5. The maximum absolute atomic E-state index is 11.5. The number of nitrogens with zero attached hydrogens (tertiary/aromatic N) is 3. The third-order valence-corrected chi connectivity index (χ3v) is 3.86. The van der Waals surface area contributed by atoms with Gasteiger partial charge in [0.15, 0.2) is 5.82 Å². The fraction of sp³-hybridized carbons (Fsp3) is 0.643. The minimum absolute atomic E-state index is 0.477. The van der Waals surface area contributed by atoms with Crippen LogP contribution in [0.2, 0.25) is 0 Å². The summed E-state index contributed by atoms with van der Waals surface area (Å²) in [6.45, 7) is 5.72. The summed E-state index contributed by atoms with van der Waals surface area (Å²) in [5, 5.41) is 9.41. The summed E-state index contributed by atoms with van der Waals surface area (Å²) >= 11 is 0. The number of aromatic nitrogens is 2. The molecule has 1 saturated heterocycles. The first-order chi connectivity index (χ1) is 9.61. The third kappa shape index (κ3) is 2.84. The Hall–Kier alpha value is -1.85. The van der Waals surface area contributed by atoms with Crippen molar-refractivity contribution in [1.29, 1.82) is 0 Å². The zero-order chi connectivity index (χ0) is 14.6. The molecule has 20 heavy (non-hydrogen) atoms. The molecule has 0 aromatic carbocycles. The molecule has 0 saturated carbocycles. The lowest BCUT2D eigenvalue weighted by molar-refractivity contribution is -0.147. The largest absolute Gasteiger partial charge is 0.481 e. The van der Waals surface area contributed by atoms with Crippen LogP contribution in [0.3, 0.4) is 0 Å². The molecule has 1 unspecified atom stereocenters. The van der Waals surface area contributed by atoms with Crippen LogP contribution in [0.15, 0.2) is 12.4 Å². The van der Waals surface area contributed by atoms with Gasteiger partial charge in [-0.15, -0.1) is 0 Å². The summed E-state index contributed by atoms with van der Waals surface area (Å²) in [7, 11) is 0. The highest BCUT2D eigenvalue weighted by atomic mass is 16.5. The highest BCUT2D eigenvalue weighted by molar-refractivity contribution is 5.76. The number of carboxylic acids is 1. The normalized spacial score (nSPS) is 22.0. The molecule has 6 nitrogen and oxygen atoms in total. The standard InChI is InChI=1S/C14H21N3O3/c1-3-7-20-12-9-15-8-11(16-12)17-6-5-14(4-2,10-17)13(18)19/h8-9H,3-7,10H2,1-2H3,(H,18,19). The Balaban J connectivity index is 2.11. The molecule has 0 amide bonds. The van der Waals surface area contributed by atoms with Gasteiger partial charge < -0.3 is 14.7 Å². The molecular weight excluding hydrogens is 258 g/mol. The van der Waals surface area contributed by atoms with E-state index in [1.165, 1.54) is 0 Å². The molecule has 1 atom stereocenters. The van der Waals surface area contributed by atoms with Crippen LogP contribution in [0.5, 0.6) is 5.88 Å². The second-order valence-electron chi connectivity index (χ2n) is 5.17. The van der Waals surface area contributed by atoms with E-state index in [2.05, 4.69) is 9.97 Å². The van der Waals surface area contributed by atoms with Crippen molar-refractivity contribution in [3.8, 4) is 5.88 Å². The van der Waals surface area contributed by atoms with E-state index in [1.807, 2.05) is 18.7 Å². The predicted octanol–water partition coefficient (Wildman–Crippen LogP) is 1.96. The number of rotatable bonds is 6. The van der Waals surface area contributed by atoms with Crippen molar-refractivity contribution < 1.29 is 14.6 Å². The van der Waals surface area contributed by atoms with Crippen molar-refractivity contribution in [3.63, 3.8) is 0 Å². The molecule has 1 N–H and O–H groups in total. The summed E-state index contributed by atoms with van der Waals surface area (Å²) in [6, 6.07) is 0. The molecule has 2 rings (SSSR count). The van der Waals surface area contributed by atoms with Crippen LogP contribution in [-0.2, 0) is 4.79 Å². The van der Waals surface area contributed by atoms with E-state index in [0.29, 0.717) is 44.2 Å². The highest BCUT2D eigenvalue weighted by Gasteiger charge is 2.43. The van der Waals surface area contributed by atoms with Crippen LogP contribution < -0.4 is 9.64 Å². The van der Waals surface area contributed by atoms with Crippen molar-refractivity contribution in [3.05, 3.63) is 12.4 Å². The van der Waals surface area contributed by atoms with Crippen LogP contribution in [-0.4, -0.2) is 40.7 Å². The Labute approximate surface area is 118 Å². The molecular formula is C14H21N3O3. The Morgan fingerprint density at radius 3 is 2.90 bits per heavy atom. The predicted molar refractivity (Wildman–Crippen MR) is 75.0 cm³/mol. The van der Waals surface area contributed by atoms with Crippen LogP contribution in [0, 0.1) is 5.41 Å². The fourth-order valence-electron chi connectivity index (χ4n) is 2.45. The molecule has 1 aliphatic rings. The van der Waals surface area contributed by atoms with Crippen molar-refractivity contribution in [2.24, 2.45) is 5.41 Å². The molecule has 0 spiro atoms. The van der Waals surface area contributed by atoms with Gasteiger partial charge in [0.25, 0.3) is 0 Å². The SMILES string of the molecule is CCCOc1cncc(N2CCC(CC)(C(=O)O)C2)n1. The number of hydrogen-bond acceptors (Lipinski definition) is 5. The van der Waals surface area contributed by atoms with Crippen molar-refractivity contribution in [2.45, 2.75) is 33.1 Å². The molecule has 0 aliphatic carbocycles. The molecule has 0 bridgehead atoms. The fourth-order valence-corrected chi connectivity index (χ4v) is 2.45. The monoisotopic (exact) mass is 279 g/mol. The van der Waals surface area contributed by atoms with Gasteiger partial charge in [0.05, 0.1) is 24.4 Å². The Morgan fingerprint density at radius 1 is 1.50 bits per heavy atom. The first kappa shape index (κ1) is 14.6. The zero-order valence-corrected chi connectivity index (χ0v) is 12.0. The Kier molecular flexibility index (Phi) is 4.42. The molecule has 0 radical (unpaired) electrons. The molecule has 6 heteroatoms. The second-order valence-corrected chi connectivity index (χ2v) is 5.17. The highest BCUT2D eigenvalue weighted by Crippen LogP contribution is 2.36. The molecule has 1 fully saturated rings. The Bertz CT molecular complexity index is 480. The minimum atomic E-state index is -0.728. The van der Waals surface area contributed by atoms with Gasteiger partial charge in [-0.25, -0.2) is 0 Å². The first-order valence-corrected chi connectivity index (χ1v) is 7.04. The van der Waals surface area contributed by atoms with Crippen LogP contribution in [0.4, 0.5) is 5.82 Å². The molecule has 110 valence electrons. The number of ether oxygens (including phenoxy) is 1. The summed E-state index contributed by atoms with van der Waals surface area (Å²) in [6.07, 6.45) is 5.42. The number of carbonyl (C=O) groups is 1. The minimum Gasteiger partial charge on any atom is -0.481 e. The van der Waals surface area contributed by atoms with Crippen LogP contribution in [0.1, 0.15) is 33.1 Å². The van der Waals surface area contributed by atoms with E-state index >= 15 is 0 Å². The van der Waals surface area contributed by atoms with Crippen molar-refractivity contribution >= 4 is 11.8 Å². The number of carboxylic acid groups (broad SMARTS) is 1. The number of anilines is 1. The van der Waals surface area contributed by atoms with Gasteiger partial charge in [-0.05, 0) is 19.3 Å². The number of hydrogen-bond donors (Lipinski definition) is 1. The summed E-state index contributed by atoms with van der Waals surface area (Å²) < 4.78 is 5.46. The lowest BCUT2D eigenvalue weighted by atomic mass is 9.84. The van der Waals surface area contributed by atoms with Crippen LogP contribution >= 0.6 is 0 Å². The van der Waals surface area contributed by atoms with Crippen molar-refractivity contribution in [1.82, 2.24) is 9.97 Å². The van der Waals surface area contributed by atoms with E-state index in [4.69, 9.17) is 4.74 Å². The smallest absolute Gasteiger partial charge is 0.311 e. The van der Waals surface area contributed by atoms with E-state index in [-0.39, 0.29) is 0 Å². The van der Waals surface area contributed by atoms with E-state index < -0.39 is 11.4 Å². The quantitative estimate of drug-likeness (QED) is 0.858.